The summed E-state index contributed by atoms with van der Waals surface area (Å²) in [4.78, 5) is 3.26. The van der Waals surface area contributed by atoms with Crippen LogP contribution in [0.25, 0.3) is 0 Å². The highest BCUT2D eigenvalue weighted by molar-refractivity contribution is 4.96. The Balaban J connectivity index is 2.78. The van der Waals surface area contributed by atoms with Crippen molar-refractivity contribution in [2.75, 3.05) is 0 Å². The molecule has 0 fully saturated rings. The van der Waals surface area contributed by atoms with Gasteiger partial charge in [0.05, 0.1) is 6.04 Å². The van der Waals surface area contributed by atoms with Crippen LogP contribution in [0.1, 0.15) is 44.4 Å². The Labute approximate surface area is 91.0 Å². The minimum absolute atomic E-state index is 0.0173. The minimum Gasteiger partial charge on any atom is -0.329 e. The molecule has 1 rings (SSSR count). The second-order valence-electron chi connectivity index (χ2n) is 3.75. The Morgan fingerprint density at radius 3 is 2.50 bits per heavy atom. The summed E-state index contributed by atoms with van der Waals surface area (Å²) >= 11 is 0. The third kappa shape index (κ3) is 2.94. The molecule has 2 atom stereocenters. The molecule has 1 aromatic rings. The van der Waals surface area contributed by atoms with Crippen LogP contribution in [0.15, 0.2) is 4.52 Å². The Kier molecular flexibility index (Phi) is 3.90. The lowest BCUT2D eigenvalue weighted by molar-refractivity contribution is -0.159. The highest BCUT2D eigenvalue weighted by atomic mass is 19.4. The molecule has 2 unspecified atom stereocenters. The molecule has 2 N–H and O–H groups in total. The lowest BCUT2D eigenvalue weighted by atomic mass is 9.97. The lowest BCUT2D eigenvalue weighted by Crippen LogP contribution is -2.20. The first-order valence-electron chi connectivity index (χ1n) is 5.02. The van der Waals surface area contributed by atoms with E-state index in [1.807, 2.05) is 13.8 Å². The topological polar surface area (TPSA) is 64.9 Å². The van der Waals surface area contributed by atoms with E-state index >= 15 is 0 Å². The van der Waals surface area contributed by atoms with Crippen molar-refractivity contribution in [3.05, 3.63) is 11.7 Å². The summed E-state index contributed by atoms with van der Waals surface area (Å²) in [6.07, 6.45) is -2.91. The fourth-order valence-electron chi connectivity index (χ4n) is 1.37. The highest BCUT2D eigenvalue weighted by Crippen LogP contribution is 2.29. The maximum Gasteiger partial charge on any atom is 0.471 e. The van der Waals surface area contributed by atoms with Crippen molar-refractivity contribution >= 4 is 0 Å². The third-order valence-corrected chi connectivity index (χ3v) is 2.34. The smallest absolute Gasteiger partial charge is 0.329 e. The molecule has 0 aliphatic rings. The number of hydrogen-bond donors (Lipinski definition) is 1. The van der Waals surface area contributed by atoms with E-state index in [4.69, 9.17) is 5.73 Å². The molecule has 16 heavy (non-hydrogen) atoms. The summed E-state index contributed by atoms with van der Waals surface area (Å²) in [6.45, 7) is 3.82. The average Bonchev–Trinajstić information content (AvgIpc) is 2.65. The first-order valence-corrected chi connectivity index (χ1v) is 5.02. The normalized spacial score (nSPS) is 16.1. The fraction of sp³-hybridized carbons (Fsp3) is 0.778. The van der Waals surface area contributed by atoms with E-state index in [1.54, 1.807) is 0 Å². The molecule has 4 nitrogen and oxygen atoms in total. The summed E-state index contributed by atoms with van der Waals surface area (Å²) < 4.78 is 40.6. The first-order chi connectivity index (χ1) is 7.36. The number of nitrogens with zero attached hydrogens (tertiary/aromatic N) is 2. The zero-order valence-corrected chi connectivity index (χ0v) is 9.08. The van der Waals surface area contributed by atoms with Gasteiger partial charge in [0, 0.05) is 0 Å². The van der Waals surface area contributed by atoms with Gasteiger partial charge in [0.15, 0.2) is 5.82 Å². The molecule has 0 radical (unpaired) electrons. The van der Waals surface area contributed by atoms with E-state index in [-0.39, 0.29) is 11.7 Å². The standard InChI is InChI=1S/C9H14F3N3O/c1-3-4-5(2)6(13)7-14-8(16-15-7)9(10,11)12/h5-6H,3-4,13H2,1-2H3. The van der Waals surface area contributed by atoms with Gasteiger partial charge in [-0.2, -0.15) is 18.2 Å². The summed E-state index contributed by atoms with van der Waals surface area (Å²) in [5.41, 5.74) is 5.73. The summed E-state index contributed by atoms with van der Waals surface area (Å²) in [5, 5.41) is 3.25. The molecule has 0 aliphatic carbocycles. The minimum atomic E-state index is -4.61. The number of alkyl halides is 3. The number of rotatable bonds is 4. The van der Waals surface area contributed by atoms with Gasteiger partial charge in [0.25, 0.3) is 0 Å². The Morgan fingerprint density at radius 2 is 2.06 bits per heavy atom. The van der Waals surface area contributed by atoms with Gasteiger partial charge in [-0.1, -0.05) is 25.4 Å². The molecule has 0 saturated heterocycles. The maximum absolute atomic E-state index is 12.2. The molecule has 0 aliphatic heterocycles. The first kappa shape index (κ1) is 13.0. The zero-order valence-electron chi connectivity index (χ0n) is 9.08. The molecule has 0 spiro atoms. The van der Waals surface area contributed by atoms with Crippen LogP contribution in [-0.2, 0) is 6.18 Å². The predicted octanol–water partition coefficient (Wildman–Crippen LogP) is 2.52. The van der Waals surface area contributed by atoms with Crippen LogP contribution in [0.4, 0.5) is 13.2 Å². The van der Waals surface area contributed by atoms with E-state index in [0.717, 1.165) is 12.8 Å². The van der Waals surface area contributed by atoms with Gasteiger partial charge in [0.2, 0.25) is 0 Å². The van der Waals surface area contributed by atoms with E-state index < -0.39 is 18.1 Å². The van der Waals surface area contributed by atoms with E-state index in [0.29, 0.717) is 0 Å². The fourth-order valence-corrected chi connectivity index (χ4v) is 1.37. The molecule has 0 saturated carbocycles. The number of nitrogens with two attached hydrogens (primary N) is 1. The summed E-state index contributed by atoms with van der Waals surface area (Å²) in [5.74, 6) is -1.42. The summed E-state index contributed by atoms with van der Waals surface area (Å²) in [6, 6.07) is -0.625. The van der Waals surface area contributed by atoms with Crippen LogP contribution < -0.4 is 5.73 Å². The van der Waals surface area contributed by atoms with Crippen molar-refractivity contribution < 1.29 is 17.7 Å². The Bertz CT molecular complexity index is 337. The van der Waals surface area contributed by atoms with Gasteiger partial charge in [-0.25, -0.2) is 0 Å². The molecule has 92 valence electrons. The van der Waals surface area contributed by atoms with Crippen LogP contribution in [0.2, 0.25) is 0 Å². The van der Waals surface area contributed by atoms with E-state index in [2.05, 4.69) is 14.7 Å². The van der Waals surface area contributed by atoms with Crippen LogP contribution in [0.3, 0.4) is 0 Å². The quantitative estimate of drug-likeness (QED) is 0.873. The van der Waals surface area contributed by atoms with Gasteiger partial charge in [-0.05, 0) is 12.3 Å². The molecular weight excluding hydrogens is 223 g/mol. The Hall–Kier alpha value is -1.11. The predicted molar refractivity (Wildman–Crippen MR) is 50.3 cm³/mol. The van der Waals surface area contributed by atoms with Crippen molar-refractivity contribution in [3.63, 3.8) is 0 Å². The van der Waals surface area contributed by atoms with Gasteiger partial charge in [-0.3, -0.25) is 0 Å². The van der Waals surface area contributed by atoms with Crippen LogP contribution in [0, 0.1) is 5.92 Å². The van der Waals surface area contributed by atoms with Crippen LogP contribution >= 0.6 is 0 Å². The number of halogens is 3. The largest absolute Gasteiger partial charge is 0.471 e. The van der Waals surface area contributed by atoms with Crippen molar-refractivity contribution in [1.29, 1.82) is 0 Å². The van der Waals surface area contributed by atoms with Gasteiger partial charge in [-0.15, -0.1) is 0 Å². The molecule has 7 heteroatoms. The van der Waals surface area contributed by atoms with Crippen LogP contribution in [0.5, 0.6) is 0 Å². The molecule has 0 amide bonds. The van der Waals surface area contributed by atoms with Gasteiger partial charge < -0.3 is 10.3 Å². The lowest BCUT2D eigenvalue weighted by Gasteiger charge is -2.15. The molecule has 1 aromatic heterocycles. The third-order valence-electron chi connectivity index (χ3n) is 2.34. The molecule has 0 bridgehead atoms. The number of aromatic nitrogens is 2. The van der Waals surface area contributed by atoms with E-state index in [9.17, 15) is 13.2 Å². The van der Waals surface area contributed by atoms with Crippen molar-refractivity contribution in [2.45, 2.75) is 38.9 Å². The summed E-state index contributed by atoms with van der Waals surface area (Å²) in [7, 11) is 0. The second kappa shape index (κ2) is 4.82. The van der Waals surface area contributed by atoms with Gasteiger partial charge in [0.1, 0.15) is 0 Å². The van der Waals surface area contributed by atoms with Crippen LogP contribution in [-0.4, -0.2) is 10.1 Å². The SMILES string of the molecule is CCCC(C)C(N)c1noc(C(F)(F)F)n1. The van der Waals surface area contributed by atoms with Crippen molar-refractivity contribution in [1.82, 2.24) is 10.1 Å². The maximum atomic E-state index is 12.2. The second-order valence-corrected chi connectivity index (χ2v) is 3.75. The zero-order chi connectivity index (χ0) is 12.3. The van der Waals surface area contributed by atoms with Gasteiger partial charge >= 0.3 is 12.1 Å². The molecule has 0 aromatic carbocycles. The average molecular weight is 237 g/mol. The van der Waals surface area contributed by atoms with E-state index in [1.165, 1.54) is 0 Å². The number of hydrogen-bond acceptors (Lipinski definition) is 4. The highest BCUT2D eigenvalue weighted by Gasteiger charge is 2.39. The Morgan fingerprint density at radius 1 is 1.44 bits per heavy atom. The molecular formula is C9H14F3N3O. The monoisotopic (exact) mass is 237 g/mol. The molecule has 1 heterocycles. The van der Waals surface area contributed by atoms with Crippen molar-refractivity contribution in [2.24, 2.45) is 11.7 Å². The van der Waals surface area contributed by atoms with Crippen molar-refractivity contribution in [3.8, 4) is 0 Å².